The fraction of sp³-hybridized carbons (Fsp3) is 0.154. The molecule has 0 spiro atoms. The normalized spacial score (nSPS) is 10.9. The number of hydrogen-bond donors (Lipinski definition) is 3. The highest BCUT2D eigenvalue weighted by molar-refractivity contribution is 7.99. The molecule has 21 heavy (non-hydrogen) atoms. The number of aryl methyl sites for hydroxylation is 1. The van der Waals surface area contributed by atoms with E-state index in [0.717, 1.165) is 28.4 Å². The molecule has 8 heteroatoms. The molecule has 3 N–H and O–H groups in total. The van der Waals surface area contributed by atoms with Gasteiger partial charge in [-0.3, -0.25) is 9.32 Å². The molecule has 2 heterocycles. The maximum atomic E-state index is 11.9. The van der Waals surface area contributed by atoms with E-state index in [2.05, 4.69) is 20.1 Å². The number of aromatic nitrogens is 3. The van der Waals surface area contributed by atoms with Gasteiger partial charge in [0.1, 0.15) is 0 Å². The number of nitrogens with one attached hydrogen (secondary N) is 3. The average molecular weight is 305 g/mol. The van der Waals surface area contributed by atoms with Crippen LogP contribution in [0.5, 0.6) is 0 Å². The van der Waals surface area contributed by atoms with Crippen molar-refractivity contribution in [2.75, 3.05) is 11.1 Å². The monoisotopic (exact) mass is 305 g/mol. The van der Waals surface area contributed by atoms with E-state index in [-0.39, 0.29) is 11.7 Å². The Morgan fingerprint density at radius 1 is 1.43 bits per heavy atom. The molecule has 2 aromatic heterocycles. The van der Waals surface area contributed by atoms with Crippen LogP contribution in [0.3, 0.4) is 0 Å². The van der Waals surface area contributed by atoms with Gasteiger partial charge in [0, 0.05) is 22.8 Å². The molecule has 3 rings (SSSR count). The van der Waals surface area contributed by atoms with Crippen molar-refractivity contribution in [1.82, 2.24) is 10.3 Å². The Hall–Kier alpha value is -2.48. The fourth-order valence-electron chi connectivity index (χ4n) is 1.95. The van der Waals surface area contributed by atoms with Crippen molar-refractivity contribution >= 4 is 34.3 Å². The van der Waals surface area contributed by atoms with E-state index in [1.165, 1.54) is 4.68 Å². The molecule has 3 aromatic rings. The Morgan fingerprint density at radius 3 is 3.05 bits per heavy atom. The van der Waals surface area contributed by atoms with Crippen molar-refractivity contribution in [3.8, 4) is 0 Å². The van der Waals surface area contributed by atoms with Crippen LogP contribution in [0.2, 0.25) is 0 Å². The molecular weight excluding hydrogens is 292 g/mol. The lowest BCUT2D eigenvalue weighted by molar-refractivity contribution is -0.772. The maximum absolute atomic E-state index is 11.9. The van der Waals surface area contributed by atoms with E-state index in [4.69, 9.17) is 0 Å². The Labute approximate surface area is 123 Å². The van der Waals surface area contributed by atoms with Gasteiger partial charge < -0.3 is 10.3 Å². The second-order valence-electron chi connectivity index (χ2n) is 4.46. The molecule has 0 fully saturated rings. The minimum atomic E-state index is -0.482. The summed E-state index contributed by atoms with van der Waals surface area (Å²) in [5.74, 6) is -0.0581. The van der Waals surface area contributed by atoms with Crippen LogP contribution < -0.4 is 15.6 Å². The number of carbonyl (C=O) groups excluding carboxylic acids is 1. The van der Waals surface area contributed by atoms with Crippen molar-refractivity contribution in [2.45, 2.75) is 5.03 Å². The van der Waals surface area contributed by atoms with E-state index >= 15 is 0 Å². The molecule has 0 aliphatic carbocycles. The van der Waals surface area contributed by atoms with Crippen LogP contribution in [-0.2, 0) is 11.8 Å². The van der Waals surface area contributed by atoms with Crippen LogP contribution in [0.25, 0.3) is 10.9 Å². The third-order valence-electron chi connectivity index (χ3n) is 2.93. The lowest BCUT2D eigenvalue weighted by Gasteiger charge is -2.03. The number of anilines is 1. The number of amides is 1. The van der Waals surface area contributed by atoms with Crippen molar-refractivity contribution in [3.05, 3.63) is 40.9 Å². The SMILES string of the molecule is C[n+]1[nH]oc(=O)c1SCC(=O)Nc1ccc2[nH]ccc2c1. The van der Waals surface area contributed by atoms with E-state index in [9.17, 15) is 9.59 Å². The molecule has 7 nitrogen and oxygen atoms in total. The molecule has 0 atom stereocenters. The third kappa shape index (κ3) is 2.84. The molecular formula is C13H13N4O3S+. The van der Waals surface area contributed by atoms with Gasteiger partial charge in [-0.2, -0.15) is 0 Å². The molecule has 108 valence electrons. The molecule has 0 radical (unpaired) electrons. The molecule has 0 bridgehead atoms. The molecule has 1 amide bonds. The predicted molar refractivity (Wildman–Crippen MR) is 78.2 cm³/mol. The summed E-state index contributed by atoms with van der Waals surface area (Å²) in [6.45, 7) is 0. The Kier molecular flexibility index (Phi) is 3.53. The predicted octanol–water partition coefficient (Wildman–Crippen LogP) is 1.00. The van der Waals surface area contributed by atoms with Crippen LogP contribution in [-0.4, -0.2) is 21.9 Å². The molecule has 0 saturated carbocycles. The van der Waals surface area contributed by atoms with Gasteiger partial charge >= 0.3 is 10.7 Å². The second-order valence-corrected chi connectivity index (χ2v) is 5.43. The highest BCUT2D eigenvalue weighted by atomic mass is 32.2. The molecule has 0 saturated heterocycles. The van der Waals surface area contributed by atoms with Gasteiger partial charge in [0.25, 0.3) is 0 Å². The first kappa shape index (κ1) is 13.5. The van der Waals surface area contributed by atoms with Gasteiger partial charge in [0.05, 0.1) is 5.75 Å². The number of thioether (sulfide) groups is 1. The topological polar surface area (TPSA) is 94.8 Å². The number of benzene rings is 1. The largest absolute Gasteiger partial charge is 0.441 e. The molecule has 1 aromatic carbocycles. The van der Waals surface area contributed by atoms with Crippen LogP contribution in [0, 0.1) is 0 Å². The number of nitrogens with zero attached hydrogens (tertiary/aromatic N) is 1. The summed E-state index contributed by atoms with van der Waals surface area (Å²) in [6, 6.07) is 7.55. The van der Waals surface area contributed by atoms with Crippen LogP contribution in [0.15, 0.2) is 44.8 Å². The van der Waals surface area contributed by atoms with Gasteiger partial charge in [-0.15, -0.1) is 0 Å². The van der Waals surface area contributed by atoms with E-state index < -0.39 is 5.63 Å². The maximum Gasteiger partial charge on any atom is 0.441 e. The van der Waals surface area contributed by atoms with Gasteiger partial charge in [0.15, 0.2) is 7.05 Å². The van der Waals surface area contributed by atoms with Gasteiger partial charge in [-0.05, 0) is 41.3 Å². The summed E-state index contributed by atoms with van der Waals surface area (Å²) in [4.78, 5) is 26.4. The Balaban J connectivity index is 1.65. The lowest BCUT2D eigenvalue weighted by Crippen LogP contribution is -2.34. The van der Waals surface area contributed by atoms with Gasteiger partial charge in [-0.1, -0.05) is 4.68 Å². The smallest absolute Gasteiger partial charge is 0.361 e. The first-order chi connectivity index (χ1) is 10.1. The van der Waals surface area contributed by atoms with Gasteiger partial charge in [0.2, 0.25) is 5.91 Å². The van der Waals surface area contributed by atoms with Crippen LogP contribution in [0.4, 0.5) is 5.69 Å². The fourth-order valence-corrected chi connectivity index (χ4v) is 2.68. The molecule has 0 aliphatic rings. The number of H-pyrrole nitrogens is 2. The summed E-state index contributed by atoms with van der Waals surface area (Å²) in [7, 11) is 1.64. The summed E-state index contributed by atoms with van der Waals surface area (Å²) in [6.07, 6.45) is 1.84. The van der Waals surface area contributed by atoms with E-state index in [1.54, 1.807) is 7.05 Å². The van der Waals surface area contributed by atoms with E-state index in [0.29, 0.717) is 5.03 Å². The van der Waals surface area contributed by atoms with Crippen molar-refractivity contribution in [3.63, 3.8) is 0 Å². The zero-order chi connectivity index (χ0) is 14.8. The highest BCUT2D eigenvalue weighted by Crippen LogP contribution is 2.18. The van der Waals surface area contributed by atoms with E-state index in [1.807, 2.05) is 30.5 Å². The first-order valence-corrected chi connectivity index (χ1v) is 7.19. The third-order valence-corrected chi connectivity index (χ3v) is 4.05. The second kappa shape index (κ2) is 5.49. The van der Waals surface area contributed by atoms with Crippen LogP contribution >= 0.6 is 11.8 Å². The number of aromatic amines is 2. The minimum absolute atomic E-state index is 0.127. The summed E-state index contributed by atoms with van der Waals surface area (Å²) in [5.41, 5.74) is 1.25. The minimum Gasteiger partial charge on any atom is -0.361 e. The quantitative estimate of drug-likeness (QED) is 0.495. The zero-order valence-electron chi connectivity index (χ0n) is 11.2. The standard InChI is InChI=1S/C13H12N4O3S/c1-17-12(13(19)20-16-17)21-7-11(18)15-9-2-3-10-8(6-9)4-5-14-10/h2-6,16,19H,7H2,1H3/p+1. The van der Waals surface area contributed by atoms with Crippen molar-refractivity contribution in [2.24, 2.45) is 7.05 Å². The number of rotatable bonds is 4. The average Bonchev–Trinajstić information content (AvgIpc) is 3.04. The number of fused-ring (bicyclic) bond motifs is 1. The first-order valence-electron chi connectivity index (χ1n) is 6.21. The molecule has 0 unspecified atom stereocenters. The van der Waals surface area contributed by atoms with Crippen LogP contribution in [0.1, 0.15) is 0 Å². The Bertz CT molecular complexity index is 848. The number of carbonyl (C=O) groups is 1. The summed E-state index contributed by atoms with van der Waals surface area (Å²) >= 11 is 1.12. The summed E-state index contributed by atoms with van der Waals surface area (Å²) < 4.78 is 6.05. The zero-order valence-corrected chi connectivity index (χ0v) is 12.0. The number of hydrogen-bond acceptors (Lipinski definition) is 4. The Morgan fingerprint density at radius 2 is 2.29 bits per heavy atom. The molecule has 0 aliphatic heterocycles. The summed E-state index contributed by atoms with van der Waals surface area (Å²) in [5, 5.41) is 6.58. The van der Waals surface area contributed by atoms with Gasteiger partial charge in [-0.25, -0.2) is 4.79 Å². The van der Waals surface area contributed by atoms with Crippen molar-refractivity contribution in [1.29, 1.82) is 0 Å². The van der Waals surface area contributed by atoms with Crippen molar-refractivity contribution < 1.29 is 14.0 Å². The lowest BCUT2D eigenvalue weighted by atomic mass is 10.2. The highest BCUT2D eigenvalue weighted by Gasteiger charge is 2.19.